The van der Waals surface area contributed by atoms with Crippen LogP contribution in [0.15, 0.2) is 71.8 Å². The molecule has 9 heteroatoms. The summed E-state index contributed by atoms with van der Waals surface area (Å²) in [5.41, 5.74) is 2.18. The summed E-state index contributed by atoms with van der Waals surface area (Å²) in [6, 6.07) is 16.3. The molecule has 7 nitrogen and oxygen atoms in total. The largest absolute Gasteiger partial charge is 0.365 e. The predicted octanol–water partition coefficient (Wildman–Crippen LogP) is 3.69. The highest BCUT2D eigenvalue weighted by molar-refractivity contribution is 7.90. The molecule has 2 N–H and O–H groups in total. The molecule has 4 aromatic rings. The van der Waals surface area contributed by atoms with Gasteiger partial charge < -0.3 is 5.32 Å². The summed E-state index contributed by atoms with van der Waals surface area (Å²) in [6.45, 7) is 0.399. The van der Waals surface area contributed by atoms with Gasteiger partial charge in [-0.25, -0.2) is 22.8 Å². The average molecular weight is 423 g/mol. The van der Waals surface area contributed by atoms with E-state index in [1.807, 2.05) is 12.1 Å². The van der Waals surface area contributed by atoms with E-state index >= 15 is 0 Å². The number of nitrogens with one attached hydrogen (secondary N) is 2. The number of hydrogen-bond acceptors (Lipinski definition) is 6. The van der Waals surface area contributed by atoms with Crippen molar-refractivity contribution in [1.29, 1.82) is 0 Å². The van der Waals surface area contributed by atoms with Crippen molar-refractivity contribution < 1.29 is 12.8 Å². The van der Waals surface area contributed by atoms with Crippen molar-refractivity contribution in [3.63, 3.8) is 0 Å². The first-order valence-corrected chi connectivity index (χ1v) is 11.0. The van der Waals surface area contributed by atoms with Gasteiger partial charge in [-0.3, -0.25) is 5.10 Å². The number of aromatic nitrogens is 4. The van der Waals surface area contributed by atoms with Crippen LogP contribution in [0.1, 0.15) is 5.56 Å². The Morgan fingerprint density at radius 1 is 1.07 bits per heavy atom. The van der Waals surface area contributed by atoms with Crippen LogP contribution in [0.3, 0.4) is 0 Å². The number of halogens is 1. The maximum atomic E-state index is 13.4. The van der Waals surface area contributed by atoms with E-state index in [0.29, 0.717) is 35.1 Å². The van der Waals surface area contributed by atoms with Crippen molar-refractivity contribution in [3.05, 3.63) is 78.2 Å². The van der Waals surface area contributed by atoms with Gasteiger partial charge in [-0.15, -0.1) is 0 Å². The number of anilines is 1. The minimum Gasteiger partial charge on any atom is -0.365 e. The second-order valence-corrected chi connectivity index (χ2v) is 8.70. The van der Waals surface area contributed by atoms with Crippen molar-refractivity contribution >= 4 is 15.7 Å². The minimum absolute atomic E-state index is 0.234. The molecular formula is C21H18FN5O2S. The number of rotatable bonds is 6. The fraction of sp³-hybridized carbons (Fsp3) is 0.0952. The zero-order valence-electron chi connectivity index (χ0n) is 16.0. The van der Waals surface area contributed by atoms with Crippen molar-refractivity contribution in [2.45, 2.75) is 11.4 Å². The van der Waals surface area contributed by atoms with Gasteiger partial charge in [-0.1, -0.05) is 12.1 Å². The van der Waals surface area contributed by atoms with Crippen LogP contribution < -0.4 is 5.32 Å². The molecule has 0 spiro atoms. The van der Waals surface area contributed by atoms with Crippen LogP contribution in [0.25, 0.3) is 22.8 Å². The Bertz CT molecular complexity index is 1290. The molecule has 0 unspecified atom stereocenters. The van der Waals surface area contributed by atoms with Gasteiger partial charge in [0.05, 0.1) is 10.5 Å². The van der Waals surface area contributed by atoms with Gasteiger partial charge >= 0.3 is 0 Å². The van der Waals surface area contributed by atoms with Gasteiger partial charge in [0.15, 0.2) is 21.5 Å². The molecule has 4 rings (SSSR count). The molecule has 152 valence electrons. The van der Waals surface area contributed by atoms with E-state index < -0.39 is 9.84 Å². The third kappa shape index (κ3) is 4.36. The first-order chi connectivity index (χ1) is 14.4. The van der Waals surface area contributed by atoms with Crippen molar-refractivity contribution in [2.75, 3.05) is 11.6 Å². The fourth-order valence-electron chi connectivity index (χ4n) is 2.93. The van der Waals surface area contributed by atoms with Crippen LogP contribution in [0.2, 0.25) is 0 Å². The molecule has 0 atom stereocenters. The standard InChI is InChI=1S/C21H18FN5O2S/c1-30(28,29)17-9-7-15(8-10-17)19-25-21(27-26-19)18-6-3-11-23-20(18)24-13-14-4-2-5-16(22)12-14/h2-12H,13H2,1H3,(H,23,24)(H,25,26,27). The quantitative estimate of drug-likeness (QED) is 0.491. The Balaban J connectivity index is 1.58. The van der Waals surface area contributed by atoms with Crippen LogP contribution in [0, 0.1) is 5.82 Å². The zero-order chi connectivity index (χ0) is 21.1. The third-order valence-corrected chi connectivity index (χ3v) is 5.57. The van der Waals surface area contributed by atoms with Crippen LogP contribution >= 0.6 is 0 Å². The number of aromatic amines is 1. The monoisotopic (exact) mass is 423 g/mol. The van der Waals surface area contributed by atoms with E-state index in [9.17, 15) is 12.8 Å². The summed E-state index contributed by atoms with van der Waals surface area (Å²) >= 11 is 0. The lowest BCUT2D eigenvalue weighted by Gasteiger charge is -2.09. The number of nitrogens with zero attached hydrogens (tertiary/aromatic N) is 3. The number of H-pyrrole nitrogens is 1. The maximum absolute atomic E-state index is 13.4. The second kappa shape index (κ2) is 8.03. The van der Waals surface area contributed by atoms with Crippen molar-refractivity contribution in [3.8, 4) is 22.8 Å². The van der Waals surface area contributed by atoms with Crippen LogP contribution in [-0.2, 0) is 16.4 Å². The lowest BCUT2D eigenvalue weighted by molar-refractivity contribution is 0.602. The van der Waals surface area contributed by atoms with Gasteiger partial charge in [-0.05, 0) is 54.1 Å². The highest BCUT2D eigenvalue weighted by Gasteiger charge is 2.13. The van der Waals surface area contributed by atoms with Crippen molar-refractivity contribution in [2.24, 2.45) is 0 Å². The van der Waals surface area contributed by atoms with Crippen LogP contribution in [0.4, 0.5) is 10.2 Å². The van der Waals surface area contributed by atoms with E-state index in [-0.39, 0.29) is 10.7 Å². The number of sulfone groups is 1. The SMILES string of the molecule is CS(=O)(=O)c1ccc(-c2n[nH]c(-c3cccnc3NCc3cccc(F)c3)n2)cc1. The molecule has 0 fully saturated rings. The molecule has 2 heterocycles. The molecule has 0 aliphatic rings. The van der Waals surface area contributed by atoms with E-state index in [1.54, 1.807) is 30.5 Å². The van der Waals surface area contributed by atoms with Gasteiger partial charge in [0.1, 0.15) is 11.6 Å². The molecule has 0 aliphatic carbocycles. The van der Waals surface area contributed by atoms with Crippen molar-refractivity contribution in [1.82, 2.24) is 20.2 Å². The van der Waals surface area contributed by atoms with E-state index in [2.05, 4.69) is 25.5 Å². The van der Waals surface area contributed by atoms with Gasteiger partial charge in [0.2, 0.25) is 0 Å². The molecule has 0 amide bonds. The Hall–Kier alpha value is -3.59. The number of benzene rings is 2. The Morgan fingerprint density at radius 2 is 1.87 bits per heavy atom. The predicted molar refractivity (Wildman–Crippen MR) is 112 cm³/mol. The van der Waals surface area contributed by atoms with Gasteiger partial charge in [-0.2, -0.15) is 5.10 Å². The molecule has 0 bridgehead atoms. The summed E-state index contributed by atoms with van der Waals surface area (Å²) in [6.07, 6.45) is 2.81. The second-order valence-electron chi connectivity index (χ2n) is 6.69. The Labute approximate surface area is 173 Å². The highest BCUT2D eigenvalue weighted by Crippen LogP contribution is 2.26. The summed E-state index contributed by atoms with van der Waals surface area (Å²) in [5, 5.41) is 10.3. The maximum Gasteiger partial charge on any atom is 0.181 e. The lowest BCUT2D eigenvalue weighted by Crippen LogP contribution is -2.03. The first-order valence-electron chi connectivity index (χ1n) is 9.07. The van der Waals surface area contributed by atoms with Crippen LogP contribution in [0.5, 0.6) is 0 Å². The molecule has 30 heavy (non-hydrogen) atoms. The average Bonchev–Trinajstić information content (AvgIpc) is 3.22. The fourth-order valence-corrected chi connectivity index (χ4v) is 3.56. The number of hydrogen-bond donors (Lipinski definition) is 2. The number of pyridine rings is 1. The molecule has 2 aromatic carbocycles. The van der Waals surface area contributed by atoms with E-state index in [4.69, 9.17) is 0 Å². The summed E-state index contributed by atoms with van der Waals surface area (Å²) in [5.74, 6) is 1.23. The summed E-state index contributed by atoms with van der Waals surface area (Å²) in [4.78, 5) is 9.10. The van der Waals surface area contributed by atoms with Gasteiger partial charge in [0.25, 0.3) is 0 Å². The van der Waals surface area contributed by atoms with Crippen LogP contribution in [-0.4, -0.2) is 34.8 Å². The molecule has 0 radical (unpaired) electrons. The zero-order valence-corrected chi connectivity index (χ0v) is 16.8. The summed E-state index contributed by atoms with van der Waals surface area (Å²) < 4.78 is 36.6. The third-order valence-electron chi connectivity index (χ3n) is 4.44. The topological polar surface area (TPSA) is 101 Å². The van der Waals surface area contributed by atoms with Gasteiger partial charge in [0, 0.05) is 24.6 Å². The highest BCUT2D eigenvalue weighted by atomic mass is 32.2. The first kappa shape index (κ1) is 19.7. The normalized spacial score (nSPS) is 11.4. The Morgan fingerprint density at radius 3 is 2.60 bits per heavy atom. The molecule has 2 aromatic heterocycles. The molecular weight excluding hydrogens is 405 g/mol. The molecule has 0 saturated heterocycles. The summed E-state index contributed by atoms with van der Waals surface area (Å²) in [7, 11) is -3.27. The lowest BCUT2D eigenvalue weighted by atomic mass is 10.2. The van der Waals surface area contributed by atoms with E-state index in [1.165, 1.54) is 24.3 Å². The molecule has 0 aliphatic heterocycles. The minimum atomic E-state index is -3.27. The smallest absolute Gasteiger partial charge is 0.181 e. The van der Waals surface area contributed by atoms with E-state index in [0.717, 1.165) is 11.8 Å². The Kier molecular flexibility index (Phi) is 5.28. The molecule has 0 saturated carbocycles.